The molecular weight excluding hydrogens is 300 g/mol. The van der Waals surface area contributed by atoms with Gasteiger partial charge >= 0.3 is 0 Å². The van der Waals surface area contributed by atoms with E-state index in [-0.39, 0.29) is 5.91 Å². The highest BCUT2D eigenvalue weighted by molar-refractivity contribution is 5.78. The van der Waals surface area contributed by atoms with Crippen LogP contribution in [0, 0.1) is 0 Å². The van der Waals surface area contributed by atoms with Gasteiger partial charge in [-0.1, -0.05) is 42.0 Å². The lowest BCUT2D eigenvalue weighted by atomic mass is 9.95. The first kappa shape index (κ1) is 18.7. The maximum absolute atomic E-state index is 12.1. The average molecular weight is 330 g/mol. The summed E-state index contributed by atoms with van der Waals surface area (Å²) in [6.45, 7) is 7.37. The van der Waals surface area contributed by atoms with Gasteiger partial charge in [0.05, 0.1) is 12.0 Å². The molecule has 4 nitrogen and oxygen atoms in total. The number of allylic oxidation sites excluding steroid dienone is 1. The topological polar surface area (TPSA) is 52.6 Å². The van der Waals surface area contributed by atoms with Crippen LogP contribution < -0.4 is 5.32 Å². The van der Waals surface area contributed by atoms with Gasteiger partial charge in [0.2, 0.25) is 5.91 Å². The minimum Gasteiger partial charge on any atom is -0.388 e. The highest BCUT2D eigenvalue weighted by Gasteiger charge is 2.30. The molecule has 1 atom stereocenters. The van der Waals surface area contributed by atoms with E-state index in [9.17, 15) is 9.90 Å². The quantitative estimate of drug-likeness (QED) is 0.788. The molecular formula is C20H30N2O2. The van der Waals surface area contributed by atoms with Gasteiger partial charge in [-0.05, 0) is 45.2 Å². The van der Waals surface area contributed by atoms with Crippen molar-refractivity contribution in [1.82, 2.24) is 10.2 Å². The Morgan fingerprint density at radius 1 is 1.25 bits per heavy atom. The standard InChI is InChI=1S/C20H30N2O2/c1-17(2)9-13-22-12-6-10-20(24,11-14-22)16-21-19(23)15-18-7-4-3-5-8-18/h3-5,7-9,24H,6,10-16H2,1-2H3,(H,21,23). The molecule has 0 aromatic heterocycles. The van der Waals surface area contributed by atoms with Gasteiger partial charge < -0.3 is 10.4 Å². The Balaban J connectivity index is 1.79. The Morgan fingerprint density at radius 2 is 2.00 bits per heavy atom. The lowest BCUT2D eigenvalue weighted by Crippen LogP contribution is -2.44. The molecule has 1 aliphatic rings. The van der Waals surface area contributed by atoms with Crippen LogP contribution in [0.15, 0.2) is 42.0 Å². The average Bonchev–Trinajstić information content (AvgIpc) is 2.74. The van der Waals surface area contributed by atoms with Gasteiger partial charge in [0.25, 0.3) is 0 Å². The number of likely N-dealkylation sites (tertiary alicyclic amines) is 1. The Bertz CT molecular complexity index is 552. The Morgan fingerprint density at radius 3 is 2.71 bits per heavy atom. The number of benzene rings is 1. The van der Waals surface area contributed by atoms with Gasteiger partial charge in [0, 0.05) is 19.6 Å². The van der Waals surface area contributed by atoms with Crippen LogP contribution in [0.25, 0.3) is 0 Å². The van der Waals surface area contributed by atoms with Crippen molar-refractivity contribution in [2.75, 3.05) is 26.2 Å². The van der Waals surface area contributed by atoms with Crippen molar-refractivity contribution in [3.05, 3.63) is 47.5 Å². The number of carbonyl (C=O) groups is 1. The van der Waals surface area contributed by atoms with Crippen molar-refractivity contribution >= 4 is 5.91 Å². The first-order valence-corrected chi connectivity index (χ1v) is 8.86. The predicted octanol–water partition coefficient (Wildman–Crippen LogP) is 2.53. The van der Waals surface area contributed by atoms with Gasteiger partial charge in [-0.15, -0.1) is 0 Å². The third-order valence-corrected chi connectivity index (χ3v) is 4.59. The summed E-state index contributed by atoms with van der Waals surface area (Å²) in [6.07, 6.45) is 5.00. The number of nitrogens with zero attached hydrogens (tertiary/aromatic N) is 1. The van der Waals surface area contributed by atoms with Crippen LogP contribution in [0.5, 0.6) is 0 Å². The molecule has 0 spiro atoms. The van der Waals surface area contributed by atoms with Crippen molar-refractivity contribution in [3.63, 3.8) is 0 Å². The van der Waals surface area contributed by atoms with E-state index in [1.807, 2.05) is 30.3 Å². The minimum absolute atomic E-state index is 0.0275. The van der Waals surface area contributed by atoms with Crippen LogP contribution >= 0.6 is 0 Å². The number of carbonyl (C=O) groups excluding carboxylic acids is 1. The summed E-state index contributed by atoms with van der Waals surface area (Å²) < 4.78 is 0. The molecule has 2 rings (SSSR count). The third-order valence-electron chi connectivity index (χ3n) is 4.59. The molecule has 132 valence electrons. The lowest BCUT2D eigenvalue weighted by molar-refractivity contribution is -0.121. The Kier molecular flexibility index (Phi) is 7.00. The van der Waals surface area contributed by atoms with Crippen molar-refractivity contribution in [1.29, 1.82) is 0 Å². The fraction of sp³-hybridized carbons (Fsp3) is 0.550. The number of amides is 1. The van der Waals surface area contributed by atoms with Crippen LogP contribution in [-0.4, -0.2) is 47.7 Å². The SMILES string of the molecule is CC(C)=CCN1CCCC(O)(CNC(=O)Cc2ccccc2)CC1. The monoisotopic (exact) mass is 330 g/mol. The van der Waals surface area contributed by atoms with Crippen molar-refractivity contribution < 1.29 is 9.90 Å². The summed E-state index contributed by atoms with van der Waals surface area (Å²) in [5.74, 6) is -0.0275. The van der Waals surface area contributed by atoms with Crippen molar-refractivity contribution in [3.8, 4) is 0 Å². The number of hydrogen-bond acceptors (Lipinski definition) is 3. The number of nitrogens with one attached hydrogen (secondary N) is 1. The fourth-order valence-corrected chi connectivity index (χ4v) is 3.01. The molecule has 1 aromatic rings. The van der Waals surface area contributed by atoms with E-state index in [1.54, 1.807) is 0 Å². The second kappa shape index (κ2) is 9.00. The van der Waals surface area contributed by atoms with Crippen molar-refractivity contribution in [2.24, 2.45) is 0 Å². The van der Waals surface area contributed by atoms with Crippen molar-refractivity contribution in [2.45, 2.75) is 45.1 Å². The van der Waals surface area contributed by atoms with Gasteiger partial charge in [-0.3, -0.25) is 9.69 Å². The van der Waals surface area contributed by atoms with E-state index in [2.05, 4.69) is 30.1 Å². The molecule has 1 unspecified atom stereocenters. The molecule has 1 fully saturated rings. The predicted molar refractivity (Wildman–Crippen MR) is 97.8 cm³/mol. The van der Waals surface area contributed by atoms with E-state index in [4.69, 9.17) is 0 Å². The van der Waals surface area contributed by atoms with Crippen LogP contribution in [0.2, 0.25) is 0 Å². The maximum Gasteiger partial charge on any atom is 0.224 e. The molecule has 24 heavy (non-hydrogen) atoms. The van der Waals surface area contributed by atoms with E-state index in [1.165, 1.54) is 5.57 Å². The van der Waals surface area contributed by atoms with Crippen LogP contribution in [0.3, 0.4) is 0 Å². The molecule has 1 aliphatic heterocycles. The van der Waals surface area contributed by atoms with E-state index < -0.39 is 5.60 Å². The molecule has 1 saturated heterocycles. The Labute approximate surface area is 145 Å². The lowest BCUT2D eigenvalue weighted by Gasteiger charge is -2.27. The first-order valence-electron chi connectivity index (χ1n) is 8.86. The number of rotatable bonds is 6. The first-order chi connectivity index (χ1) is 11.5. The summed E-state index contributed by atoms with van der Waals surface area (Å²) in [5.41, 5.74) is 1.53. The van der Waals surface area contributed by atoms with Gasteiger partial charge in [-0.2, -0.15) is 0 Å². The number of aliphatic hydroxyl groups is 1. The van der Waals surface area contributed by atoms with Gasteiger partial charge in [-0.25, -0.2) is 0 Å². The molecule has 1 aromatic carbocycles. The van der Waals surface area contributed by atoms with Crippen LogP contribution in [-0.2, 0) is 11.2 Å². The maximum atomic E-state index is 12.1. The summed E-state index contributed by atoms with van der Waals surface area (Å²) in [4.78, 5) is 14.5. The molecule has 0 aliphatic carbocycles. The molecule has 2 N–H and O–H groups in total. The largest absolute Gasteiger partial charge is 0.388 e. The van der Waals surface area contributed by atoms with Crippen LogP contribution in [0.4, 0.5) is 0 Å². The second-order valence-electron chi connectivity index (χ2n) is 7.10. The molecule has 0 bridgehead atoms. The Hall–Kier alpha value is -1.65. The summed E-state index contributed by atoms with van der Waals surface area (Å²) in [5, 5.41) is 13.7. The highest BCUT2D eigenvalue weighted by atomic mass is 16.3. The molecule has 1 heterocycles. The van der Waals surface area contributed by atoms with E-state index >= 15 is 0 Å². The van der Waals surface area contributed by atoms with E-state index in [0.717, 1.165) is 38.0 Å². The van der Waals surface area contributed by atoms with Gasteiger partial charge in [0.1, 0.15) is 0 Å². The third kappa shape index (κ3) is 6.46. The smallest absolute Gasteiger partial charge is 0.224 e. The van der Waals surface area contributed by atoms with Gasteiger partial charge in [0.15, 0.2) is 0 Å². The zero-order valence-electron chi connectivity index (χ0n) is 14.9. The van der Waals surface area contributed by atoms with E-state index in [0.29, 0.717) is 19.4 Å². The molecule has 4 heteroatoms. The zero-order chi connectivity index (χ0) is 17.4. The molecule has 1 amide bonds. The molecule has 0 radical (unpaired) electrons. The summed E-state index contributed by atoms with van der Waals surface area (Å²) >= 11 is 0. The molecule has 0 saturated carbocycles. The second-order valence-corrected chi connectivity index (χ2v) is 7.10. The number of hydrogen-bond donors (Lipinski definition) is 2. The minimum atomic E-state index is -0.786. The fourth-order valence-electron chi connectivity index (χ4n) is 3.01. The van der Waals surface area contributed by atoms with Crippen LogP contribution in [0.1, 0.15) is 38.7 Å². The summed E-state index contributed by atoms with van der Waals surface area (Å²) in [7, 11) is 0. The highest BCUT2D eigenvalue weighted by Crippen LogP contribution is 2.21. The summed E-state index contributed by atoms with van der Waals surface area (Å²) in [6, 6.07) is 9.70. The zero-order valence-corrected chi connectivity index (χ0v) is 14.9. The normalized spacial score (nSPS) is 21.8.